The van der Waals surface area contributed by atoms with Gasteiger partial charge in [0.15, 0.2) is 11.9 Å². The lowest BCUT2D eigenvalue weighted by Gasteiger charge is -2.45. The average molecular weight is 647 g/mol. The van der Waals surface area contributed by atoms with Gasteiger partial charge in [-0.05, 0) is 43.0 Å². The average Bonchev–Trinajstić information content (AvgIpc) is 3.75. The molecular formula is C36H38O11. The molecule has 2 aliphatic carbocycles. The minimum Gasteiger partial charge on any atom is -0.469 e. The second-order valence-electron chi connectivity index (χ2n) is 13.3. The minimum absolute atomic E-state index is 0.303. The van der Waals surface area contributed by atoms with Crippen LogP contribution in [0.15, 0.2) is 66.7 Å². The van der Waals surface area contributed by atoms with Crippen molar-refractivity contribution in [3.05, 3.63) is 72.3 Å². The summed E-state index contributed by atoms with van der Waals surface area (Å²) in [6.07, 6.45) is -4.54. The molecule has 0 aromatic heterocycles. The van der Waals surface area contributed by atoms with E-state index in [2.05, 4.69) is 6.58 Å². The lowest BCUT2D eigenvalue weighted by atomic mass is 9.54. The maximum atomic E-state index is 14.1. The fourth-order valence-electron chi connectivity index (χ4n) is 9.90. The highest BCUT2D eigenvalue weighted by Gasteiger charge is 2.97. The monoisotopic (exact) mass is 646 g/mol. The van der Waals surface area contributed by atoms with Crippen molar-refractivity contribution in [2.45, 2.75) is 70.1 Å². The Kier molecular flexibility index (Phi) is 7.38. The fraction of sp³-hybridized carbons (Fsp3) is 0.500. The maximum Gasteiger partial charge on any atom is 0.340 e. The van der Waals surface area contributed by atoms with Gasteiger partial charge in [0.2, 0.25) is 6.29 Å². The van der Waals surface area contributed by atoms with Crippen LogP contribution < -0.4 is 0 Å². The van der Waals surface area contributed by atoms with E-state index in [1.807, 2.05) is 42.5 Å². The summed E-state index contributed by atoms with van der Waals surface area (Å²) >= 11 is 0. The molecule has 248 valence electrons. The largest absolute Gasteiger partial charge is 0.469 e. The molecule has 11 heteroatoms. The Morgan fingerprint density at radius 2 is 1.66 bits per heavy atom. The number of rotatable bonds is 8. The van der Waals surface area contributed by atoms with Crippen LogP contribution in [0.25, 0.3) is 11.1 Å². The van der Waals surface area contributed by atoms with Gasteiger partial charge in [0.05, 0.1) is 29.4 Å². The summed E-state index contributed by atoms with van der Waals surface area (Å²) in [4.78, 5) is 53.2. The second-order valence-corrected chi connectivity index (χ2v) is 13.3. The summed E-state index contributed by atoms with van der Waals surface area (Å²) in [6, 6.07) is 16.8. The topological polar surface area (TPSA) is 133 Å². The molecule has 6 unspecified atom stereocenters. The van der Waals surface area contributed by atoms with E-state index in [9.17, 15) is 19.2 Å². The molecule has 2 saturated carbocycles. The van der Waals surface area contributed by atoms with E-state index in [4.69, 9.17) is 33.2 Å². The summed E-state index contributed by atoms with van der Waals surface area (Å²) in [7, 11) is 2.77. The third kappa shape index (κ3) is 3.90. The molecule has 5 aliphatic rings. The summed E-state index contributed by atoms with van der Waals surface area (Å²) < 4.78 is 42.6. The summed E-state index contributed by atoms with van der Waals surface area (Å²) in [6.45, 7) is 9.07. The Balaban J connectivity index is 1.30. The Morgan fingerprint density at radius 3 is 2.28 bits per heavy atom. The minimum atomic E-state index is -1.64. The normalized spacial score (nSPS) is 38.1. The molecule has 2 aromatic carbocycles. The molecule has 0 bridgehead atoms. The van der Waals surface area contributed by atoms with E-state index in [-0.39, 0.29) is 0 Å². The molecule has 11 nitrogen and oxygen atoms in total. The van der Waals surface area contributed by atoms with Gasteiger partial charge in [0, 0.05) is 25.9 Å². The Morgan fingerprint density at radius 1 is 0.979 bits per heavy atom. The molecule has 3 heterocycles. The van der Waals surface area contributed by atoms with Gasteiger partial charge in [-0.25, -0.2) is 9.59 Å². The van der Waals surface area contributed by atoms with Gasteiger partial charge >= 0.3 is 23.9 Å². The molecule has 7 rings (SSSR count). The first kappa shape index (κ1) is 31.5. The lowest BCUT2D eigenvalue weighted by Crippen LogP contribution is -2.59. The van der Waals surface area contributed by atoms with Crippen LogP contribution in [0.5, 0.6) is 0 Å². The van der Waals surface area contributed by atoms with Gasteiger partial charge in [-0.15, -0.1) is 0 Å². The van der Waals surface area contributed by atoms with E-state index in [0.717, 1.165) is 11.1 Å². The van der Waals surface area contributed by atoms with Crippen LogP contribution in [0.3, 0.4) is 0 Å². The van der Waals surface area contributed by atoms with Gasteiger partial charge in [-0.2, -0.15) is 0 Å². The molecule has 0 radical (unpaired) electrons. The standard InChI is InChI=1S/C36H38O11/c1-18(2)25-26(43-20(4)37)27-34-17-16-24(19(3)29(38)42-6)36(34,32(40)44-27)47-33-35(25,34)28(41-5)31(46-33)45-30(39)23-14-12-22(13-15-23)21-10-8-7-9-11-21/h7-15,19,24-28,31,33H,1,16-17H2,2-6H3/t19?,24-,25-,26-,27?,28+,31-,33?,34?,35?,36?/m1/s1. The zero-order chi connectivity index (χ0) is 33.5. The zero-order valence-corrected chi connectivity index (χ0v) is 26.9. The number of carbonyl (C=O) groups excluding carboxylic acids is 4. The summed E-state index contributed by atoms with van der Waals surface area (Å²) in [5.74, 6) is -4.40. The van der Waals surface area contributed by atoms with Crippen molar-refractivity contribution in [1.82, 2.24) is 0 Å². The van der Waals surface area contributed by atoms with Crippen LogP contribution >= 0.6 is 0 Å². The number of hydrogen-bond donors (Lipinski definition) is 0. The molecule has 0 N–H and O–H groups in total. The Hall–Kier alpha value is -4.06. The number of carbonyl (C=O) groups is 4. The zero-order valence-electron chi connectivity index (χ0n) is 26.9. The van der Waals surface area contributed by atoms with E-state index in [1.165, 1.54) is 21.1 Å². The predicted molar refractivity (Wildman–Crippen MR) is 163 cm³/mol. The molecule has 5 fully saturated rings. The maximum absolute atomic E-state index is 14.1. The molecule has 2 aromatic rings. The number of ether oxygens (including phenoxy) is 7. The highest BCUT2D eigenvalue weighted by atomic mass is 16.8. The quantitative estimate of drug-likeness (QED) is 0.232. The molecule has 11 atom stereocenters. The second kappa shape index (κ2) is 11.0. The van der Waals surface area contributed by atoms with E-state index >= 15 is 0 Å². The Bertz CT molecular complexity index is 1640. The van der Waals surface area contributed by atoms with Crippen molar-refractivity contribution in [2.75, 3.05) is 14.2 Å². The fourth-order valence-corrected chi connectivity index (χ4v) is 9.90. The molecule has 0 amide bonds. The first-order valence-corrected chi connectivity index (χ1v) is 15.8. The summed E-state index contributed by atoms with van der Waals surface area (Å²) in [5, 5.41) is 0. The van der Waals surface area contributed by atoms with Crippen LogP contribution in [-0.2, 0) is 47.5 Å². The van der Waals surface area contributed by atoms with Crippen molar-refractivity contribution in [3.8, 4) is 11.1 Å². The van der Waals surface area contributed by atoms with E-state index < -0.39 is 89.0 Å². The van der Waals surface area contributed by atoms with Crippen molar-refractivity contribution in [1.29, 1.82) is 0 Å². The van der Waals surface area contributed by atoms with Crippen LogP contribution in [0.4, 0.5) is 0 Å². The molecule has 3 aliphatic heterocycles. The van der Waals surface area contributed by atoms with Crippen LogP contribution in [0, 0.1) is 28.6 Å². The molecule has 3 saturated heterocycles. The van der Waals surface area contributed by atoms with Crippen molar-refractivity contribution < 1.29 is 52.3 Å². The third-order valence-electron chi connectivity index (χ3n) is 11.3. The number of hydrogen-bond acceptors (Lipinski definition) is 11. The lowest BCUT2D eigenvalue weighted by molar-refractivity contribution is -0.237. The van der Waals surface area contributed by atoms with Gasteiger partial charge in [-0.3, -0.25) is 9.59 Å². The first-order valence-electron chi connectivity index (χ1n) is 15.8. The number of benzene rings is 2. The van der Waals surface area contributed by atoms with Crippen molar-refractivity contribution >= 4 is 23.9 Å². The van der Waals surface area contributed by atoms with Gasteiger partial charge in [-0.1, -0.05) is 61.5 Å². The van der Waals surface area contributed by atoms with Crippen molar-refractivity contribution in [3.63, 3.8) is 0 Å². The van der Waals surface area contributed by atoms with Crippen LogP contribution in [0.1, 0.15) is 44.0 Å². The first-order chi connectivity index (χ1) is 22.5. The van der Waals surface area contributed by atoms with Gasteiger partial charge in [0.1, 0.15) is 18.3 Å². The third-order valence-corrected chi connectivity index (χ3v) is 11.3. The van der Waals surface area contributed by atoms with E-state index in [1.54, 1.807) is 26.0 Å². The SMILES string of the molecule is C=C(C)[C@@H]1[C@@H](OC(C)=O)C2OC(=O)C34OC5O[C@@H](OC(=O)c6ccc(-c7ccccc7)cc6)[C@H](OC)C51C23CC[C@@H]4C(C)C(=O)OC. The number of esters is 4. The summed E-state index contributed by atoms with van der Waals surface area (Å²) in [5.41, 5.74) is -1.21. The molecule has 2 spiro atoms. The molecular weight excluding hydrogens is 608 g/mol. The van der Waals surface area contributed by atoms with Crippen LogP contribution in [0.2, 0.25) is 0 Å². The highest BCUT2D eigenvalue weighted by Crippen LogP contribution is 2.83. The smallest absolute Gasteiger partial charge is 0.340 e. The van der Waals surface area contributed by atoms with E-state index in [0.29, 0.717) is 24.0 Å². The number of methoxy groups -OCH3 is 2. The molecule has 47 heavy (non-hydrogen) atoms. The predicted octanol–water partition coefficient (Wildman–Crippen LogP) is 4.23. The highest BCUT2D eigenvalue weighted by molar-refractivity contribution is 5.91. The van der Waals surface area contributed by atoms with Gasteiger partial charge in [0.25, 0.3) is 0 Å². The van der Waals surface area contributed by atoms with Gasteiger partial charge < -0.3 is 33.2 Å². The van der Waals surface area contributed by atoms with Crippen molar-refractivity contribution in [2.24, 2.45) is 28.6 Å². The van der Waals surface area contributed by atoms with Crippen LogP contribution in [-0.4, -0.2) is 74.6 Å². The Labute approximate surface area is 272 Å².